The molecule has 0 aliphatic carbocycles. The molecule has 0 spiro atoms. The molecule has 1 heterocycles. The van der Waals surface area contributed by atoms with Crippen LogP contribution < -0.4 is 5.32 Å². The summed E-state index contributed by atoms with van der Waals surface area (Å²) in [7, 11) is 0. The SMILES string of the molecule is CC(CCC(=O)O)CNC(=O)c1coc2ccccc12. The van der Waals surface area contributed by atoms with Crippen LogP contribution in [0.4, 0.5) is 0 Å². The highest BCUT2D eigenvalue weighted by molar-refractivity contribution is 6.05. The Hall–Kier alpha value is -2.30. The monoisotopic (exact) mass is 275 g/mol. The summed E-state index contributed by atoms with van der Waals surface area (Å²) < 4.78 is 5.32. The van der Waals surface area contributed by atoms with E-state index in [-0.39, 0.29) is 18.2 Å². The average Bonchev–Trinajstić information content (AvgIpc) is 2.86. The van der Waals surface area contributed by atoms with Crippen LogP contribution in [0.3, 0.4) is 0 Å². The number of benzene rings is 1. The Morgan fingerprint density at radius 3 is 2.85 bits per heavy atom. The molecule has 1 atom stereocenters. The zero-order valence-corrected chi connectivity index (χ0v) is 11.3. The van der Waals surface area contributed by atoms with Crippen LogP contribution in [0.15, 0.2) is 34.9 Å². The number of carboxylic acids is 1. The molecule has 0 aliphatic rings. The zero-order valence-electron chi connectivity index (χ0n) is 11.3. The number of carbonyl (C=O) groups is 2. The molecule has 0 fully saturated rings. The van der Waals surface area contributed by atoms with Gasteiger partial charge in [-0.3, -0.25) is 9.59 Å². The van der Waals surface area contributed by atoms with Crippen molar-refractivity contribution in [2.24, 2.45) is 5.92 Å². The first kappa shape index (κ1) is 14.1. The maximum Gasteiger partial charge on any atom is 0.303 e. The van der Waals surface area contributed by atoms with Gasteiger partial charge in [0.2, 0.25) is 0 Å². The van der Waals surface area contributed by atoms with Crippen molar-refractivity contribution in [3.8, 4) is 0 Å². The van der Waals surface area contributed by atoms with Crippen molar-refractivity contribution in [3.63, 3.8) is 0 Å². The van der Waals surface area contributed by atoms with Crippen molar-refractivity contribution >= 4 is 22.8 Å². The Morgan fingerprint density at radius 1 is 1.35 bits per heavy atom. The fourth-order valence-corrected chi connectivity index (χ4v) is 1.99. The Labute approximate surface area is 116 Å². The Kier molecular flexibility index (Phi) is 4.40. The molecule has 2 N–H and O–H groups in total. The number of carbonyl (C=O) groups excluding carboxylic acids is 1. The van der Waals surface area contributed by atoms with E-state index in [4.69, 9.17) is 9.52 Å². The first-order valence-electron chi connectivity index (χ1n) is 6.54. The molecule has 1 unspecified atom stereocenters. The Balaban J connectivity index is 1.93. The fourth-order valence-electron chi connectivity index (χ4n) is 1.99. The molecule has 5 nitrogen and oxygen atoms in total. The molecular weight excluding hydrogens is 258 g/mol. The molecule has 0 bridgehead atoms. The predicted molar refractivity (Wildman–Crippen MR) is 74.6 cm³/mol. The fraction of sp³-hybridized carbons (Fsp3) is 0.333. The van der Waals surface area contributed by atoms with Gasteiger partial charge in [0.25, 0.3) is 5.91 Å². The molecule has 0 aliphatic heterocycles. The molecule has 1 aromatic carbocycles. The van der Waals surface area contributed by atoms with Gasteiger partial charge >= 0.3 is 5.97 Å². The van der Waals surface area contributed by atoms with Gasteiger partial charge in [-0.1, -0.05) is 25.1 Å². The summed E-state index contributed by atoms with van der Waals surface area (Å²) in [5.41, 5.74) is 1.18. The van der Waals surface area contributed by atoms with E-state index in [2.05, 4.69) is 5.32 Å². The molecular formula is C15H17NO4. The largest absolute Gasteiger partial charge is 0.481 e. The van der Waals surface area contributed by atoms with Gasteiger partial charge in [0.1, 0.15) is 11.8 Å². The van der Waals surface area contributed by atoms with Crippen LogP contribution >= 0.6 is 0 Å². The van der Waals surface area contributed by atoms with Gasteiger partial charge in [-0.15, -0.1) is 0 Å². The standard InChI is InChI=1S/C15H17NO4/c1-10(6-7-14(17)18)8-16-15(19)12-9-20-13-5-3-2-4-11(12)13/h2-5,9-10H,6-8H2,1H3,(H,16,19)(H,17,18). The normalized spacial score (nSPS) is 12.2. The molecule has 1 aromatic heterocycles. The predicted octanol–water partition coefficient (Wildman–Crippen LogP) is 2.66. The van der Waals surface area contributed by atoms with Crippen LogP contribution in [-0.2, 0) is 4.79 Å². The number of rotatable bonds is 6. The van der Waals surface area contributed by atoms with E-state index in [1.54, 1.807) is 0 Å². The van der Waals surface area contributed by atoms with Gasteiger partial charge in [-0.05, 0) is 18.4 Å². The summed E-state index contributed by atoms with van der Waals surface area (Å²) in [6, 6.07) is 7.34. The molecule has 1 amide bonds. The number of amides is 1. The average molecular weight is 275 g/mol. The van der Waals surface area contributed by atoms with Crippen LogP contribution in [-0.4, -0.2) is 23.5 Å². The Bertz CT molecular complexity index is 617. The van der Waals surface area contributed by atoms with Crippen LogP contribution in [0, 0.1) is 5.92 Å². The number of aliphatic carboxylic acids is 1. The summed E-state index contributed by atoms with van der Waals surface area (Å²) in [6.45, 7) is 2.36. The number of hydrogen-bond acceptors (Lipinski definition) is 3. The number of nitrogens with one attached hydrogen (secondary N) is 1. The smallest absolute Gasteiger partial charge is 0.303 e. The summed E-state index contributed by atoms with van der Waals surface area (Å²) in [4.78, 5) is 22.6. The lowest BCUT2D eigenvalue weighted by molar-refractivity contribution is -0.137. The third-order valence-electron chi connectivity index (χ3n) is 3.19. The topological polar surface area (TPSA) is 79.5 Å². The minimum atomic E-state index is -0.816. The summed E-state index contributed by atoms with van der Waals surface area (Å²) in [5.74, 6) is -0.894. The quantitative estimate of drug-likeness (QED) is 0.849. The van der Waals surface area contributed by atoms with E-state index in [1.165, 1.54) is 6.26 Å². The highest BCUT2D eigenvalue weighted by Crippen LogP contribution is 2.20. The van der Waals surface area contributed by atoms with E-state index in [9.17, 15) is 9.59 Å². The lowest BCUT2D eigenvalue weighted by atomic mass is 10.1. The first-order valence-corrected chi connectivity index (χ1v) is 6.54. The Morgan fingerprint density at radius 2 is 2.10 bits per heavy atom. The van der Waals surface area contributed by atoms with Gasteiger partial charge in [0.15, 0.2) is 0 Å². The van der Waals surface area contributed by atoms with Crippen molar-refractivity contribution in [1.29, 1.82) is 0 Å². The maximum absolute atomic E-state index is 12.1. The second-order valence-electron chi connectivity index (χ2n) is 4.89. The molecule has 2 aromatic rings. The van der Waals surface area contributed by atoms with Gasteiger partial charge in [0.05, 0.1) is 5.56 Å². The molecule has 2 rings (SSSR count). The minimum Gasteiger partial charge on any atom is -0.481 e. The van der Waals surface area contributed by atoms with Crippen molar-refractivity contribution in [1.82, 2.24) is 5.32 Å². The summed E-state index contributed by atoms with van der Waals surface area (Å²) in [5, 5.41) is 12.2. The van der Waals surface area contributed by atoms with Gasteiger partial charge in [-0.25, -0.2) is 0 Å². The first-order chi connectivity index (χ1) is 9.58. The summed E-state index contributed by atoms with van der Waals surface area (Å²) in [6.07, 6.45) is 2.11. The van der Waals surface area contributed by atoms with Gasteiger partial charge in [0, 0.05) is 18.4 Å². The highest BCUT2D eigenvalue weighted by Gasteiger charge is 2.14. The number of para-hydroxylation sites is 1. The van der Waals surface area contributed by atoms with Crippen LogP contribution in [0.1, 0.15) is 30.1 Å². The van der Waals surface area contributed by atoms with Crippen molar-refractivity contribution in [2.45, 2.75) is 19.8 Å². The van der Waals surface area contributed by atoms with E-state index in [0.717, 1.165) is 5.39 Å². The lowest BCUT2D eigenvalue weighted by Crippen LogP contribution is -2.28. The highest BCUT2D eigenvalue weighted by atomic mass is 16.4. The third-order valence-corrected chi connectivity index (χ3v) is 3.19. The van der Waals surface area contributed by atoms with E-state index >= 15 is 0 Å². The van der Waals surface area contributed by atoms with E-state index in [1.807, 2.05) is 31.2 Å². The minimum absolute atomic E-state index is 0.117. The van der Waals surface area contributed by atoms with Crippen molar-refractivity contribution < 1.29 is 19.1 Å². The molecule has 5 heteroatoms. The van der Waals surface area contributed by atoms with Crippen molar-refractivity contribution in [3.05, 3.63) is 36.1 Å². The van der Waals surface area contributed by atoms with Crippen LogP contribution in [0.5, 0.6) is 0 Å². The number of fused-ring (bicyclic) bond motifs is 1. The lowest BCUT2D eigenvalue weighted by Gasteiger charge is -2.10. The van der Waals surface area contributed by atoms with Gasteiger partial charge in [-0.2, -0.15) is 0 Å². The van der Waals surface area contributed by atoms with E-state index in [0.29, 0.717) is 24.1 Å². The molecule has 0 saturated carbocycles. The van der Waals surface area contributed by atoms with Crippen LogP contribution in [0.25, 0.3) is 11.0 Å². The number of hydrogen-bond donors (Lipinski definition) is 2. The summed E-state index contributed by atoms with van der Waals surface area (Å²) >= 11 is 0. The number of carboxylic acid groups (broad SMARTS) is 1. The second-order valence-corrected chi connectivity index (χ2v) is 4.89. The van der Waals surface area contributed by atoms with E-state index < -0.39 is 5.97 Å². The third kappa shape index (κ3) is 3.38. The van der Waals surface area contributed by atoms with Crippen LogP contribution in [0.2, 0.25) is 0 Å². The molecule has 0 radical (unpaired) electrons. The molecule has 0 saturated heterocycles. The van der Waals surface area contributed by atoms with Gasteiger partial charge < -0.3 is 14.8 Å². The maximum atomic E-state index is 12.1. The molecule has 20 heavy (non-hydrogen) atoms. The molecule has 106 valence electrons. The number of furan rings is 1. The second kappa shape index (κ2) is 6.23. The van der Waals surface area contributed by atoms with Crippen molar-refractivity contribution in [2.75, 3.05) is 6.54 Å². The zero-order chi connectivity index (χ0) is 14.5.